The van der Waals surface area contributed by atoms with E-state index in [4.69, 9.17) is 23.2 Å². The summed E-state index contributed by atoms with van der Waals surface area (Å²) in [5, 5.41) is 4.31. The van der Waals surface area contributed by atoms with Gasteiger partial charge in [0.15, 0.2) is 0 Å². The van der Waals surface area contributed by atoms with Crippen molar-refractivity contribution in [3.63, 3.8) is 0 Å². The number of alkyl halides is 3. The lowest BCUT2D eigenvalue weighted by Gasteiger charge is -2.28. The predicted octanol–water partition coefficient (Wildman–Crippen LogP) is 7.76. The molecule has 1 saturated carbocycles. The second-order valence-electron chi connectivity index (χ2n) is 10.0. The molecular formula is C30H27Cl2F3N4O2. The molecule has 0 atom stereocenters. The number of para-hydroxylation sites is 2. The minimum Gasteiger partial charge on any atom is -0.361 e. The van der Waals surface area contributed by atoms with E-state index in [1.807, 2.05) is 30.5 Å². The van der Waals surface area contributed by atoms with E-state index >= 15 is 0 Å². The molecule has 3 aromatic carbocycles. The van der Waals surface area contributed by atoms with Gasteiger partial charge in [0.2, 0.25) is 5.91 Å². The highest BCUT2D eigenvalue weighted by molar-refractivity contribution is 6.39. The third-order valence-electron chi connectivity index (χ3n) is 7.08. The molecule has 6 nitrogen and oxygen atoms in total. The second-order valence-corrected chi connectivity index (χ2v) is 10.8. The fourth-order valence-corrected chi connectivity index (χ4v) is 5.19. The molecule has 3 amide bonds. The number of aromatic amines is 1. The lowest BCUT2D eigenvalue weighted by molar-refractivity contribution is -0.137. The molecule has 0 saturated heterocycles. The fourth-order valence-electron chi connectivity index (χ4n) is 4.70. The summed E-state index contributed by atoms with van der Waals surface area (Å²) in [6.07, 6.45) is -0.535. The van der Waals surface area contributed by atoms with E-state index in [1.54, 1.807) is 23.1 Å². The SMILES string of the molecule is O=C(CN(C(=O)Nc1c(Cl)cccc1Cl)C1CC1)N(CCc1c[nH]c2ccccc12)Cc1ccc(C(F)(F)F)cc1. The third-order valence-corrected chi connectivity index (χ3v) is 7.71. The van der Waals surface area contributed by atoms with Crippen LogP contribution in [0.25, 0.3) is 10.9 Å². The third kappa shape index (κ3) is 6.97. The highest BCUT2D eigenvalue weighted by Crippen LogP contribution is 2.33. The average molecular weight is 603 g/mol. The molecule has 1 fully saturated rings. The topological polar surface area (TPSA) is 68.4 Å². The quantitative estimate of drug-likeness (QED) is 0.205. The van der Waals surface area contributed by atoms with Gasteiger partial charge in [0, 0.05) is 36.2 Å². The number of rotatable bonds is 9. The molecule has 11 heteroatoms. The monoisotopic (exact) mass is 602 g/mol. The van der Waals surface area contributed by atoms with E-state index in [9.17, 15) is 22.8 Å². The first kappa shape index (κ1) is 28.8. The molecule has 1 aromatic heterocycles. The maximum atomic E-state index is 13.7. The molecule has 214 valence electrons. The van der Waals surface area contributed by atoms with E-state index in [0.717, 1.165) is 41.4 Å². The van der Waals surface area contributed by atoms with Crippen LogP contribution in [0, 0.1) is 0 Å². The Morgan fingerprint density at radius 1 is 0.951 bits per heavy atom. The lowest BCUT2D eigenvalue weighted by atomic mass is 10.1. The number of carbonyl (C=O) groups is 2. The average Bonchev–Trinajstić information content (AvgIpc) is 3.70. The summed E-state index contributed by atoms with van der Waals surface area (Å²) in [5.74, 6) is -0.322. The zero-order valence-electron chi connectivity index (χ0n) is 21.8. The molecule has 0 radical (unpaired) electrons. The number of anilines is 1. The normalized spacial score (nSPS) is 13.3. The standard InChI is InChI=1S/C30H27Cl2F3N4O2/c31-24-5-3-6-25(32)28(24)37-29(41)39(22-12-13-22)18-27(40)38(17-19-8-10-21(11-9-19)30(33,34)35)15-14-20-16-36-26-7-2-1-4-23(20)26/h1-11,16,22,36H,12-15,17-18H2,(H,37,41). The number of hydrogen-bond acceptors (Lipinski definition) is 2. The molecule has 0 aliphatic heterocycles. The molecule has 2 N–H and O–H groups in total. The van der Waals surface area contributed by atoms with Crippen molar-refractivity contribution in [3.8, 4) is 0 Å². The Bertz CT molecular complexity index is 1530. The first-order valence-corrected chi connectivity index (χ1v) is 13.9. The number of urea groups is 1. The van der Waals surface area contributed by atoms with Crippen LogP contribution < -0.4 is 5.32 Å². The first-order chi connectivity index (χ1) is 19.6. The van der Waals surface area contributed by atoms with Gasteiger partial charge in [-0.05, 0) is 60.7 Å². The van der Waals surface area contributed by atoms with Crippen molar-refractivity contribution in [1.82, 2.24) is 14.8 Å². The second kappa shape index (κ2) is 12.0. The summed E-state index contributed by atoms with van der Waals surface area (Å²) >= 11 is 12.4. The van der Waals surface area contributed by atoms with Gasteiger partial charge in [-0.1, -0.05) is 59.6 Å². The van der Waals surface area contributed by atoms with Gasteiger partial charge < -0.3 is 20.1 Å². The molecule has 0 bridgehead atoms. The van der Waals surface area contributed by atoms with Crippen LogP contribution in [-0.4, -0.2) is 45.9 Å². The van der Waals surface area contributed by atoms with Gasteiger partial charge in [-0.25, -0.2) is 4.79 Å². The number of fused-ring (bicyclic) bond motifs is 1. The molecule has 41 heavy (non-hydrogen) atoms. The zero-order valence-corrected chi connectivity index (χ0v) is 23.4. The van der Waals surface area contributed by atoms with Gasteiger partial charge in [0.25, 0.3) is 0 Å². The van der Waals surface area contributed by atoms with Crippen molar-refractivity contribution in [2.75, 3.05) is 18.4 Å². The Balaban J connectivity index is 1.35. The number of carbonyl (C=O) groups excluding carboxylic acids is 2. The van der Waals surface area contributed by atoms with E-state index in [0.29, 0.717) is 18.5 Å². The number of amides is 3. The van der Waals surface area contributed by atoms with Gasteiger partial charge in [0.1, 0.15) is 6.54 Å². The highest BCUT2D eigenvalue weighted by atomic mass is 35.5. The van der Waals surface area contributed by atoms with E-state index in [2.05, 4.69) is 10.3 Å². The van der Waals surface area contributed by atoms with Crippen molar-refractivity contribution in [2.24, 2.45) is 0 Å². The minimum atomic E-state index is -4.45. The van der Waals surface area contributed by atoms with Crippen molar-refractivity contribution < 1.29 is 22.8 Å². The molecule has 1 aliphatic rings. The molecular weight excluding hydrogens is 576 g/mol. The van der Waals surface area contributed by atoms with Crippen LogP contribution >= 0.6 is 23.2 Å². The van der Waals surface area contributed by atoms with Gasteiger partial charge in [-0.2, -0.15) is 13.2 Å². The summed E-state index contributed by atoms with van der Waals surface area (Å²) < 4.78 is 39.3. The number of nitrogens with zero attached hydrogens (tertiary/aromatic N) is 2. The minimum absolute atomic E-state index is 0.0930. The van der Waals surface area contributed by atoms with Gasteiger partial charge in [-0.15, -0.1) is 0 Å². The molecule has 1 heterocycles. The van der Waals surface area contributed by atoms with Crippen LogP contribution in [0.2, 0.25) is 10.0 Å². The van der Waals surface area contributed by atoms with E-state index in [-0.39, 0.29) is 40.8 Å². The maximum absolute atomic E-state index is 13.7. The van der Waals surface area contributed by atoms with Gasteiger partial charge in [-0.3, -0.25) is 4.79 Å². The van der Waals surface area contributed by atoms with Crippen LogP contribution in [0.3, 0.4) is 0 Å². The van der Waals surface area contributed by atoms with E-state index < -0.39 is 17.8 Å². The maximum Gasteiger partial charge on any atom is 0.416 e. The van der Waals surface area contributed by atoms with Crippen molar-refractivity contribution in [3.05, 3.63) is 99.7 Å². The smallest absolute Gasteiger partial charge is 0.361 e. The largest absolute Gasteiger partial charge is 0.416 e. The molecule has 0 unspecified atom stereocenters. The van der Waals surface area contributed by atoms with Gasteiger partial charge >= 0.3 is 12.2 Å². The Labute approximate surface area is 245 Å². The van der Waals surface area contributed by atoms with Crippen LogP contribution in [0.1, 0.15) is 29.5 Å². The fraction of sp³-hybridized carbons (Fsp3) is 0.267. The molecule has 5 rings (SSSR count). The predicted molar refractivity (Wildman–Crippen MR) is 154 cm³/mol. The number of nitrogens with one attached hydrogen (secondary N) is 2. The van der Waals surface area contributed by atoms with E-state index in [1.165, 1.54) is 17.0 Å². The van der Waals surface area contributed by atoms with Crippen molar-refractivity contribution in [1.29, 1.82) is 0 Å². The molecule has 1 aliphatic carbocycles. The molecule has 0 spiro atoms. The number of halogens is 5. The van der Waals surface area contributed by atoms with Crippen LogP contribution in [0.4, 0.5) is 23.7 Å². The van der Waals surface area contributed by atoms with Crippen LogP contribution in [0.5, 0.6) is 0 Å². The van der Waals surface area contributed by atoms with Crippen LogP contribution in [-0.2, 0) is 23.9 Å². The summed E-state index contributed by atoms with van der Waals surface area (Å²) in [7, 11) is 0. The number of aromatic nitrogens is 1. The van der Waals surface area contributed by atoms with Crippen LogP contribution in [0.15, 0.2) is 72.9 Å². The zero-order chi connectivity index (χ0) is 29.1. The van der Waals surface area contributed by atoms with Crippen molar-refractivity contribution >= 4 is 51.7 Å². The Morgan fingerprint density at radius 3 is 2.29 bits per heavy atom. The summed E-state index contributed by atoms with van der Waals surface area (Å²) in [6, 6.07) is 16.8. The summed E-state index contributed by atoms with van der Waals surface area (Å²) in [6.45, 7) is 0.195. The summed E-state index contributed by atoms with van der Waals surface area (Å²) in [4.78, 5) is 33.2. The molecule has 4 aromatic rings. The van der Waals surface area contributed by atoms with Gasteiger partial charge in [0.05, 0.1) is 21.3 Å². The van der Waals surface area contributed by atoms with Crippen molar-refractivity contribution in [2.45, 2.75) is 38.0 Å². The highest BCUT2D eigenvalue weighted by Gasteiger charge is 2.35. The first-order valence-electron chi connectivity index (χ1n) is 13.1. The Hall–Kier alpha value is -3.69. The number of benzene rings is 3. The lowest BCUT2D eigenvalue weighted by Crippen LogP contribution is -2.46. The number of H-pyrrole nitrogens is 1. The Kier molecular flexibility index (Phi) is 8.47. The number of hydrogen-bond donors (Lipinski definition) is 2. The Morgan fingerprint density at radius 2 is 1.63 bits per heavy atom. The summed E-state index contributed by atoms with van der Waals surface area (Å²) in [5.41, 5.74) is 2.04.